The number of aromatic nitrogens is 18. The van der Waals surface area contributed by atoms with Crippen molar-refractivity contribution in [3.8, 4) is 84.8 Å². The molecule has 20 rings (SSSR count). The lowest BCUT2D eigenvalue weighted by atomic mass is 10.1. The number of benzene rings is 3. The highest BCUT2D eigenvalue weighted by molar-refractivity contribution is 8.13. The molecule has 3 aromatic carbocycles. The van der Waals surface area contributed by atoms with Gasteiger partial charge in [-0.15, -0.1) is 0 Å². The number of rotatable bonds is 35. The van der Waals surface area contributed by atoms with Crippen LogP contribution in [-0.2, 0) is 78.3 Å². The number of fused-ring (bicyclic) bond motifs is 3. The maximum absolute atomic E-state index is 11.0. The summed E-state index contributed by atoms with van der Waals surface area (Å²) in [7, 11) is 3.61. The van der Waals surface area contributed by atoms with Gasteiger partial charge in [-0.2, -0.15) is 23.7 Å². The molecule has 0 bridgehead atoms. The number of aryl methyl sites for hydroxylation is 3. The lowest BCUT2D eigenvalue weighted by Crippen LogP contribution is -2.56. The minimum atomic E-state index is -3.44. The van der Waals surface area contributed by atoms with Gasteiger partial charge in [-0.05, 0) is 90.5 Å². The fourth-order valence-electron chi connectivity index (χ4n) is 15.9. The fourth-order valence-corrected chi connectivity index (χ4v) is 16.3. The number of imidazole rings is 3. The van der Waals surface area contributed by atoms with Crippen LogP contribution in [0.3, 0.4) is 0 Å². The fraction of sp³-hybridized carbons (Fsp3) is 0.406. The molecule has 5 N–H and O–H groups in total. The van der Waals surface area contributed by atoms with Gasteiger partial charge in [0.25, 0.3) is 10.1 Å². The molecule has 15 aromatic rings. The Hall–Kier alpha value is -12.8. The second-order valence-corrected chi connectivity index (χ2v) is 39.1. The minimum Gasteiger partial charge on any atom is -0.493 e. The average Bonchev–Trinajstić information content (AvgIpc) is 1.65. The standard InChI is InChI=1S/C32H37N9O2.C26H27N7O4S.C25H25N7O2.C7H14N2O.C6H15N.C4H8O.CH3ClO2S/c1-38-20-26(18-37-38)25-5-3-24(4-6-25)17-33-31-16-29(35-23-36-31)30-19-34-32-15-28(7-9-41(30)32)43-14-2-8-39-10-12-40(13-11-39)27-21-42-22-27;1-32-17-21(15-31-32)20-6-4-19(5-7-20)14-27-25-13-23(29-18-30-25)24-16-28-26-12-22(8-9-33(24)26)36-10-3-11-37-38(2,34)35;1-31-16-20(14-30-31)19-5-3-18(4-6-19)13-26-24-12-22(28-17-29-24)23-15-27-25-11-21(7-8-32(23)25)34-10-2-9-33;1-3-9(4-2-8-1)7-5-10-6-7;1-4-7(5-2)6-3;1-2-4-5-3-1;1-5(2,3)4/h3-7,9,15-16,18-20,23,27H,2,8,10-14,17,21-22H2,1H3,(H,33,35,36);4-9,12-13,15-18H,3,10-11,14H2,1-2H3,(H,27,29,30);3-8,11-12,14-17,33H,2,9-10,13H2,1H3,(H,26,28,29);7-8H,1-6H2;4-6H2,1-3H3;1-4H2;1H3. The van der Waals surface area contributed by atoms with Crippen LogP contribution >= 0.6 is 10.7 Å². The van der Waals surface area contributed by atoms with Crippen LogP contribution in [0.1, 0.15) is 69.6 Å². The lowest BCUT2D eigenvalue weighted by Gasteiger charge is -2.42. The van der Waals surface area contributed by atoms with Gasteiger partial charge < -0.3 is 64.6 Å². The number of piperazine rings is 2. The highest BCUT2D eigenvalue weighted by Gasteiger charge is 2.30. The maximum Gasteiger partial charge on any atom is 0.264 e. The normalized spacial score (nSPS) is 14.6. The number of nitrogens with zero attached hydrogens (tertiary/aromatic N) is 22. The molecule has 17 heterocycles. The first-order valence-corrected chi connectivity index (χ1v) is 52.5. The molecule has 142 heavy (non-hydrogen) atoms. The zero-order valence-corrected chi connectivity index (χ0v) is 84.2. The van der Waals surface area contributed by atoms with E-state index in [2.05, 4.69) is 205 Å². The summed E-state index contributed by atoms with van der Waals surface area (Å²) in [6.07, 6.45) is 34.0. The van der Waals surface area contributed by atoms with Gasteiger partial charge >= 0.3 is 0 Å². The summed E-state index contributed by atoms with van der Waals surface area (Å²) in [5.74, 6) is 4.39. The largest absolute Gasteiger partial charge is 0.493 e. The molecule has 38 nitrogen and oxygen atoms in total. The van der Waals surface area contributed by atoms with E-state index in [0.29, 0.717) is 75.6 Å². The van der Waals surface area contributed by atoms with Crippen LogP contribution in [0.2, 0.25) is 0 Å². The van der Waals surface area contributed by atoms with Gasteiger partial charge in [0, 0.05) is 233 Å². The Kier molecular flexibility index (Phi) is 39.4. The van der Waals surface area contributed by atoms with Crippen molar-refractivity contribution < 1.29 is 54.5 Å². The van der Waals surface area contributed by atoms with Crippen LogP contribution in [-0.4, -0.2) is 305 Å². The Labute approximate surface area is 833 Å². The first kappa shape index (κ1) is 105. The molecule has 5 aliphatic rings. The van der Waals surface area contributed by atoms with Gasteiger partial charge in [-0.3, -0.25) is 41.2 Å². The molecule has 0 atom stereocenters. The van der Waals surface area contributed by atoms with Gasteiger partial charge in [0.2, 0.25) is 9.05 Å². The molecule has 41 heteroatoms. The van der Waals surface area contributed by atoms with Gasteiger partial charge in [-0.1, -0.05) is 93.6 Å². The van der Waals surface area contributed by atoms with E-state index in [9.17, 15) is 16.8 Å². The zero-order valence-electron chi connectivity index (χ0n) is 81.8. The Morgan fingerprint density at radius 3 is 1.11 bits per heavy atom. The third kappa shape index (κ3) is 32.6. The van der Waals surface area contributed by atoms with Crippen molar-refractivity contribution in [1.82, 2.24) is 112 Å². The summed E-state index contributed by atoms with van der Waals surface area (Å²) in [6.45, 7) is 29.7. The summed E-state index contributed by atoms with van der Waals surface area (Å²) in [5.41, 5.74) is 17.3. The minimum absolute atomic E-state index is 0.0788. The third-order valence-electron chi connectivity index (χ3n) is 24.0. The number of hydrogen-bond donors (Lipinski definition) is 5. The smallest absolute Gasteiger partial charge is 0.264 e. The predicted octanol–water partition coefficient (Wildman–Crippen LogP) is 12.3. The van der Waals surface area contributed by atoms with Gasteiger partial charge in [0.05, 0.1) is 149 Å². The monoisotopic (exact) mass is 2000 g/mol. The van der Waals surface area contributed by atoms with Gasteiger partial charge in [0.1, 0.15) is 70.6 Å². The highest BCUT2D eigenvalue weighted by atomic mass is 35.7. The molecule has 5 aliphatic heterocycles. The van der Waals surface area contributed by atoms with E-state index < -0.39 is 19.2 Å². The Balaban J connectivity index is 0.000000149. The molecule has 0 aliphatic carbocycles. The van der Waals surface area contributed by atoms with E-state index in [1.165, 1.54) is 51.9 Å². The summed E-state index contributed by atoms with van der Waals surface area (Å²) in [4.78, 5) is 50.1. The number of anilines is 3. The third-order valence-corrected chi connectivity index (χ3v) is 24.5. The lowest BCUT2D eigenvalue weighted by molar-refractivity contribution is -0.0769. The quantitative estimate of drug-likeness (QED) is 0.0140. The molecule has 0 spiro atoms. The second-order valence-electron chi connectivity index (χ2n) is 34.4. The Morgan fingerprint density at radius 1 is 0.437 bits per heavy atom. The van der Waals surface area contributed by atoms with E-state index in [0.717, 1.165) is 229 Å². The molecule has 754 valence electrons. The number of nitrogens with one attached hydrogen (secondary N) is 4. The van der Waals surface area contributed by atoms with Crippen molar-refractivity contribution in [3.63, 3.8) is 0 Å². The number of hydrogen-bond acceptors (Lipinski definition) is 32. The highest BCUT2D eigenvalue weighted by Crippen LogP contribution is 2.30. The first-order chi connectivity index (χ1) is 69.0. The Bertz CT molecular complexity index is 6600. The molecule has 5 saturated heterocycles. The number of pyridine rings is 3. The van der Waals surface area contributed by atoms with E-state index in [1.54, 1.807) is 34.4 Å². The van der Waals surface area contributed by atoms with Crippen LogP contribution in [0.4, 0.5) is 17.5 Å². The number of aliphatic hydroxyl groups excluding tert-OH is 1. The molecule has 0 radical (unpaired) electrons. The second kappa shape index (κ2) is 53.3. The van der Waals surface area contributed by atoms with Crippen molar-refractivity contribution in [3.05, 3.63) is 237 Å². The predicted molar refractivity (Wildman–Crippen MR) is 551 cm³/mol. The van der Waals surface area contributed by atoms with Gasteiger partial charge in [-0.25, -0.2) is 53.3 Å². The molecule has 0 amide bonds. The Morgan fingerprint density at radius 2 is 0.796 bits per heavy atom. The molecule has 5 fully saturated rings. The van der Waals surface area contributed by atoms with Crippen LogP contribution in [0.5, 0.6) is 17.2 Å². The number of ether oxygens (including phenoxy) is 6. The zero-order chi connectivity index (χ0) is 99.4. The first-order valence-electron chi connectivity index (χ1n) is 48.0. The van der Waals surface area contributed by atoms with Crippen LogP contribution in [0.15, 0.2) is 221 Å². The van der Waals surface area contributed by atoms with Crippen LogP contribution < -0.4 is 35.5 Å². The van der Waals surface area contributed by atoms with Crippen LogP contribution in [0, 0.1) is 0 Å². The molecule has 0 saturated carbocycles. The molecular weight excluding hydrogens is 1870 g/mol. The van der Waals surface area contributed by atoms with Crippen molar-refractivity contribution in [2.75, 3.05) is 180 Å². The van der Waals surface area contributed by atoms with Crippen molar-refractivity contribution in [2.24, 2.45) is 21.1 Å². The topological polar surface area (TPSA) is 397 Å². The van der Waals surface area contributed by atoms with E-state index in [1.807, 2.05) is 156 Å². The summed E-state index contributed by atoms with van der Waals surface area (Å²) in [5, 5.41) is 35.1. The van der Waals surface area contributed by atoms with Gasteiger partial charge in [0.15, 0.2) is 0 Å². The van der Waals surface area contributed by atoms with Crippen molar-refractivity contribution >= 4 is 64.2 Å². The summed E-state index contributed by atoms with van der Waals surface area (Å²) in [6, 6.07) is 43.7. The van der Waals surface area contributed by atoms with Crippen molar-refractivity contribution in [2.45, 2.75) is 84.6 Å². The number of aliphatic hydroxyl groups is 1. The summed E-state index contributed by atoms with van der Waals surface area (Å²) >= 11 is 0. The van der Waals surface area contributed by atoms with E-state index in [-0.39, 0.29) is 13.2 Å². The summed E-state index contributed by atoms with van der Waals surface area (Å²) < 4.78 is 89.7. The van der Waals surface area contributed by atoms with E-state index >= 15 is 0 Å². The number of halogens is 1. The van der Waals surface area contributed by atoms with Crippen molar-refractivity contribution in [1.29, 1.82) is 0 Å². The van der Waals surface area contributed by atoms with Crippen LogP contribution in [0.25, 0.3) is 84.5 Å². The molecule has 12 aromatic heterocycles. The van der Waals surface area contributed by atoms with E-state index in [4.69, 9.17) is 37.7 Å². The maximum atomic E-state index is 11.0. The SMILES string of the molecule is C1CCOC1.C1CN(C2COC2)CCN1.CCN(CC)CC.CS(=O)(=O)Cl.Cn1cc(-c2ccc(CNc3cc(-c4cnc5cc(OCCCN6CCN(C7COC7)CC6)ccn45)ncn3)cc2)cn1.Cn1cc(-c2ccc(CNc3cc(-c4cnc5cc(OCCCO)ccn45)ncn3)cc2)cn1.Cn1cc(-c2ccc(CNc3cc(-c4cnc5cc(OCCCOS(C)(=O)=O)ccn45)ncn3)cc2)cn1. The molecule has 0 unspecified atom stereocenters. The average molecular weight is 2000 g/mol. The molecular formula is C101H129ClN26O12S2.